The highest BCUT2D eigenvalue weighted by Crippen LogP contribution is 2.25. The number of benzene rings is 1. The van der Waals surface area contributed by atoms with Gasteiger partial charge >= 0.3 is 5.97 Å². The van der Waals surface area contributed by atoms with Gasteiger partial charge in [0.2, 0.25) is 0 Å². The molecule has 0 unspecified atom stereocenters. The van der Waals surface area contributed by atoms with Gasteiger partial charge in [0.15, 0.2) is 0 Å². The number of pyridine rings is 1. The summed E-state index contributed by atoms with van der Waals surface area (Å²) in [5.74, 6) is -1.66. The van der Waals surface area contributed by atoms with Gasteiger partial charge in [0.25, 0.3) is 5.56 Å². The summed E-state index contributed by atoms with van der Waals surface area (Å²) in [7, 11) is 1.43. The monoisotopic (exact) mass is 402 g/mol. The van der Waals surface area contributed by atoms with Crippen molar-refractivity contribution < 1.29 is 14.3 Å². The number of anilines is 2. The molecule has 0 saturated carbocycles. The second-order valence-electron chi connectivity index (χ2n) is 4.50. The molecular weight excluding hydrogens is 390 g/mol. The lowest BCUT2D eigenvalue weighted by atomic mass is 10.1. The van der Waals surface area contributed by atoms with E-state index in [0.717, 1.165) is 4.57 Å². The molecule has 0 atom stereocenters. The van der Waals surface area contributed by atoms with Gasteiger partial charge in [-0.25, -0.2) is 9.18 Å². The van der Waals surface area contributed by atoms with Crippen LogP contribution in [0.25, 0.3) is 0 Å². The highest BCUT2D eigenvalue weighted by molar-refractivity contribution is 14.1. The number of aromatic nitrogens is 1. The third-order valence-corrected chi connectivity index (χ3v) is 3.71. The van der Waals surface area contributed by atoms with E-state index in [1.54, 1.807) is 6.07 Å². The molecule has 0 radical (unpaired) electrons. The topological polar surface area (TPSA) is 71.3 Å². The van der Waals surface area contributed by atoms with Gasteiger partial charge in [0.05, 0.1) is 5.69 Å². The Kier molecular flexibility index (Phi) is 4.31. The average molecular weight is 402 g/mol. The van der Waals surface area contributed by atoms with Gasteiger partial charge in [-0.05, 0) is 53.3 Å². The Labute approximate surface area is 133 Å². The highest BCUT2D eigenvalue weighted by atomic mass is 127. The molecule has 0 saturated heterocycles. The van der Waals surface area contributed by atoms with Crippen LogP contribution in [0.3, 0.4) is 0 Å². The Bertz CT molecular complexity index is 787. The highest BCUT2D eigenvalue weighted by Gasteiger charge is 2.18. The fourth-order valence-electron chi connectivity index (χ4n) is 1.95. The molecule has 2 N–H and O–H groups in total. The van der Waals surface area contributed by atoms with E-state index in [4.69, 9.17) is 0 Å². The fourth-order valence-corrected chi connectivity index (χ4v) is 2.41. The quantitative estimate of drug-likeness (QED) is 0.775. The van der Waals surface area contributed by atoms with Crippen molar-refractivity contribution in [3.05, 3.63) is 55.1 Å². The summed E-state index contributed by atoms with van der Waals surface area (Å²) in [6.07, 6.45) is 0. The van der Waals surface area contributed by atoms with Crippen LogP contribution in [-0.4, -0.2) is 15.6 Å². The predicted molar refractivity (Wildman–Crippen MR) is 85.8 cm³/mol. The zero-order valence-electron chi connectivity index (χ0n) is 11.3. The van der Waals surface area contributed by atoms with Gasteiger partial charge in [0.1, 0.15) is 17.2 Å². The summed E-state index contributed by atoms with van der Waals surface area (Å²) in [5, 5.41) is 12.0. The van der Waals surface area contributed by atoms with Crippen LogP contribution in [0.4, 0.5) is 15.9 Å². The Morgan fingerprint density at radius 2 is 2.05 bits per heavy atom. The second-order valence-corrected chi connectivity index (χ2v) is 5.75. The molecule has 1 aromatic heterocycles. The van der Waals surface area contributed by atoms with E-state index in [0.29, 0.717) is 9.13 Å². The van der Waals surface area contributed by atoms with E-state index >= 15 is 0 Å². The lowest BCUT2D eigenvalue weighted by Gasteiger charge is -2.16. The SMILES string of the molecule is Cc1cc(=O)n(C)c(Nc2ccc(I)cc2F)c1C(=O)O. The van der Waals surface area contributed by atoms with E-state index in [1.807, 2.05) is 22.6 Å². The maximum atomic E-state index is 13.9. The first kappa shape index (κ1) is 15.5. The Morgan fingerprint density at radius 3 is 2.62 bits per heavy atom. The van der Waals surface area contributed by atoms with Crippen LogP contribution >= 0.6 is 22.6 Å². The number of nitrogens with zero attached hydrogens (tertiary/aromatic N) is 1. The molecule has 110 valence electrons. The molecule has 2 aromatic rings. The van der Waals surface area contributed by atoms with Crippen molar-refractivity contribution >= 4 is 40.1 Å². The van der Waals surface area contributed by atoms with Crippen LogP contribution in [0.1, 0.15) is 15.9 Å². The number of rotatable bonds is 3. The van der Waals surface area contributed by atoms with Crippen molar-refractivity contribution in [1.82, 2.24) is 4.57 Å². The summed E-state index contributed by atoms with van der Waals surface area (Å²) >= 11 is 1.97. The lowest BCUT2D eigenvalue weighted by Crippen LogP contribution is -2.23. The molecule has 0 aliphatic carbocycles. The zero-order chi connectivity index (χ0) is 15.7. The third kappa shape index (κ3) is 3.07. The molecule has 0 fully saturated rings. The Balaban J connectivity index is 2.63. The number of hydrogen-bond donors (Lipinski definition) is 2. The normalized spacial score (nSPS) is 10.5. The minimum absolute atomic E-state index is 0.0487. The fraction of sp³-hybridized carbons (Fsp3) is 0.143. The molecule has 5 nitrogen and oxygen atoms in total. The number of aromatic carboxylic acids is 1. The first-order chi connectivity index (χ1) is 9.81. The lowest BCUT2D eigenvalue weighted by molar-refractivity contribution is 0.0696. The van der Waals surface area contributed by atoms with Gasteiger partial charge < -0.3 is 10.4 Å². The minimum atomic E-state index is -1.18. The number of hydrogen-bond acceptors (Lipinski definition) is 3. The van der Waals surface area contributed by atoms with Crippen molar-refractivity contribution in [1.29, 1.82) is 0 Å². The van der Waals surface area contributed by atoms with E-state index in [-0.39, 0.29) is 22.6 Å². The maximum Gasteiger partial charge on any atom is 0.339 e. The number of carboxylic acid groups (broad SMARTS) is 1. The molecule has 0 bridgehead atoms. The largest absolute Gasteiger partial charge is 0.478 e. The predicted octanol–water partition coefficient (Wildman–Crippen LogP) is 2.88. The summed E-state index contributed by atoms with van der Waals surface area (Å²) in [5.41, 5.74) is -0.00138. The smallest absolute Gasteiger partial charge is 0.339 e. The average Bonchev–Trinajstić information content (AvgIpc) is 2.38. The second kappa shape index (κ2) is 5.84. The van der Waals surface area contributed by atoms with E-state index in [9.17, 15) is 19.1 Å². The van der Waals surface area contributed by atoms with Gasteiger partial charge in [-0.15, -0.1) is 0 Å². The van der Waals surface area contributed by atoms with Gasteiger partial charge in [-0.3, -0.25) is 9.36 Å². The van der Waals surface area contributed by atoms with Gasteiger partial charge in [-0.2, -0.15) is 0 Å². The molecule has 7 heteroatoms. The number of carbonyl (C=O) groups is 1. The van der Waals surface area contributed by atoms with Gasteiger partial charge in [0, 0.05) is 16.7 Å². The summed E-state index contributed by atoms with van der Waals surface area (Å²) < 4.78 is 15.8. The summed E-state index contributed by atoms with van der Waals surface area (Å²) in [6.45, 7) is 1.53. The van der Waals surface area contributed by atoms with Crippen LogP contribution < -0.4 is 10.9 Å². The number of halogens is 2. The number of aryl methyl sites for hydroxylation is 1. The van der Waals surface area contributed by atoms with E-state index < -0.39 is 11.8 Å². The molecule has 0 spiro atoms. The maximum absolute atomic E-state index is 13.9. The standard InChI is InChI=1S/C14H12FIN2O3/c1-7-5-11(19)18(2)13(12(7)14(20)21)17-10-4-3-8(16)6-9(10)15/h3-6,17H,1-2H3,(H,20,21). The van der Waals surface area contributed by atoms with Crippen molar-refractivity contribution in [2.45, 2.75) is 6.92 Å². The van der Waals surface area contributed by atoms with Crippen molar-refractivity contribution in [3.63, 3.8) is 0 Å². The van der Waals surface area contributed by atoms with E-state index in [1.165, 1.54) is 32.2 Å². The van der Waals surface area contributed by atoms with Crippen LogP contribution in [-0.2, 0) is 7.05 Å². The summed E-state index contributed by atoms with van der Waals surface area (Å²) in [4.78, 5) is 23.2. The first-order valence-corrected chi connectivity index (χ1v) is 7.05. The van der Waals surface area contributed by atoms with Gasteiger partial charge in [-0.1, -0.05) is 0 Å². The molecule has 0 amide bonds. The minimum Gasteiger partial charge on any atom is -0.478 e. The molecule has 21 heavy (non-hydrogen) atoms. The van der Waals surface area contributed by atoms with Crippen LogP contribution in [0.15, 0.2) is 29.1 Å². The van der Waals surface area contributed by atoms with Crippen LogP contribution in [0.5, 0.6) is 0 Å². The molecule has 0 aliphatic rings. The Morgan fingerprint density at radius 1 is 1.38 bits per heavy atom. The molecule has 1 aromatic carbocycles. The molecule has 1 heterocycles. The first-order valence-electron chi connectivity index (χ1n) is 5.97. The Hall–Kier alpha value is -1.90. The zero-order valence-corrected chi connectivity index (χ0v) is 13.4. The molecule has 0 aliphatic heterocycles. The number of nitrogens with one attached hydrogen (secondary N) is 1. The van der Waals surface area contributed by atoms with Crippen LogP contribution in [0.2, 0.25) is 0 Å². The third-order valence-electron chi connectivity index (χ3n) is 3.04. The van der Waals surface area contributed by atoms with Crippen LogP contribution in [0, 0.1) is 16.3 Å². The van der Waals surface area contributed by atoms with Crippen molar-refractivity contribution in [3.8, 4) is 0 Å². The molecular formula is C14H12FIN2O3. The molecule has 2 rings (SSSR count). The van der Waals surface area contributed by atoms with Crippen molar-refractivity contribution in [2.75, 3.05) is 5.32 Å². The summed E-state index contributed by atoms with van der Waals surface area (Å²) in [6, 6.07) is 5.73. The number of carboxylic acids is 1. The van der Waals surface area contributed by atoms with Crippen molar-refractivity contribution in [2.24, 2.45) is 7.05 Å². The van der Waals surface area contributed by atoms with E-state index in [2.05, 4.69) is 5.32 Å².